The van der Waals surface area contributed by atoms with Crippen LogP contribution in [0.4, 0.5) is 0 Å². The van der Waals surface area contributed by atoms with E-state index in [9.17, 15) is 4.57 Å². The summed E-state index contributed by atoms with van der Waals surface area (Å²) in [6.07, 6.45) is 0. The van der Waals surface area contributed by atoms with Crippen LogP contribution in [0.15, 0.2) is 0 Å². The second kappa shape index (κ2) is 7.96. The van der Waals surface area contributed by atoms with Gasteiger partial charge in [-0.3, -0.25) is 0 Å². The molecule has 0 heterocycles. The molecule has 0 aliphatic rings. The first kappa shape index (κ1) is 17.1. The van der Waals surface area contributed by atoms with Gasteiger partial charge in [-0.25, -0.2) is 0 Å². The van der Waals surface area contributed by atoms with Crippen LogP contribution in [0.5, 0.6) is 0 Å². The third-order valence-corrected chi connectivity index (χ3v) is 2.60. The molecular formula is H2CeNiO4PZr. The van der Waals surface area contributed by atoms with Crippen LogP contribution in [-0.2, 0) is 48.0 Å². The molecule has 0 saturated heterocycles. The second-order valence-electron chi connectivity index (χ2n) is 0.582. The first-order valence-corrected chi connectivity index (χ1v) is 3.78. The summed E-state index contributed by atoms with van der Waals surface area (Å²) in [7, 11) is -4.08. The molecule has 0 atom stereocenters. The molecule has 0 aromatic heterocycles. The van der Waals surface area contributed by atoms with E-state index in [4.69, 9.17) is 9.79 Å². The minimum Gasteiger partial charge on any atom is 0 e. The van der Waals surface area contributed by atoms with Crippen LogP contribution < -0.4 is 0 Å². The van der Waals surface area contributed by atoms with Gasteiger partial charge in [0, 0.05) is 42.7 Å². The molecule has 0 aliphatic carbocycles. The van der Waals surface area contributed by atoms with Crippen LogP contribution in [0.2, 0.25) is 0 Å². The summed E-state index contributed by atoms with van der Waals surface area (Å²) in [5.41, 5.74) is 0. The van der Waals surface area contributed by atoms with Crippen molar-refractivity contribution >= 4 is 7.82 Å². The summed E-state index contributed by atoms with van der Waals surface area (Å²) < 4.78 is 13.2. The Morgan fingerprint density at radius 3 is 1.62 bits per heavy atom. The molecule has 8 heavy (non-hydrogen) atoms. The average Bonchev–Trinajstić information content (AvgIpc) is 1.35. The van der Waals surface area contributed by atoms with Gasteiger partial charge in [0.25, 0.3) is 0 Å². The van der Waals surface area contributed by atoms with Crippen molar-refractivity contribution in [3.8, 4) is 0 Å². The van der Waals surface area contributed by atoms with Gasteiger partial charge < -0.3 is 0 Å². The minimum atomic E-state index is -4.08. The van der Waals surface area contributed by atoms with Crippen LogP contribution in [0, 0.1) is 40.2 Å². The van der Waals surface area contributed by atoms with Crippen LogP contribution in [-0.4, -0.2) is 9.79 Å². The summed E-state index contributed by atoms with van der Waals surface area (Å²) in [6, 6.07) is 0. The molecule has 0 aliphatic heterocycles. The van der Waals surface area contributed by atoms with Crippen molar-refractivity contribution in [2.45, 2.75) is 0 Å². The largest absolute Gasteiger partial charge is 0 e. The van der Waals surface area contributed by atoms with E-state index in [-0.39, 0.29) is 82.9 Å². The predicted octanol–water partition coefficient (Wildman–Crippen LogP) is -0.445. The zero-order valence-corrected chi connectivity index (χ0v) is 11.0. The molecule has 0 fully saturated rings. The van der Waals surface area contributed by atoms with Gasteiger partial charge in [0.15, 0.2) is 0 Å². The standard InChI is InChI=1S/Ce.Ni.H3O4P.Zr/c;;1-5(2,3)4;/h;;(H3,1,2,3,4);/q+1;;;/p-1. The monoisotopic (exact) mass is 385 g/mol. The van der Waals surface area contributed by atoms with Crippen molar-refractivity contribution in [1.82, 2.24) is 0 Å². The SMILES string of the molecule is O=P(O)(O)[O][Ce].[Ni].[Zr]. The topological polar surface area (TPSA) is 66.8 Å². The zero-order valence-electron chi connectivity index (χ0n) is 3.47. The van der Waals surface area contributed by atoms with Crippen molar-refractivity contribution in [1.29, 1.82) is 0 Å². The molecule has 49 valence electrons. The normalized spacial score (nSPS) is 8.62. The third-order valence-electron chi connectivity index (χ3n) is 0.119. The first-order valence-electron chi connectivity index (χ1n) is 0.969. The molecule has 8 heteroatoms. The molecule has 4 nitrogen and oxygen atoms in total. The van der Waals surface area contributed by atoms with Crippen molar-refractivity contribution in [2.75, 3.05) is 0 Å². The molecule has 0 aromatic carbocycles. The van der Waals surface area contributed by atoms with E-state index in [2.05, 4.69) is 0.738 Å². The maximum atomic E-state index is 9.51. The molecule has 0 rings (SSSR count). The van der Waals surface area contributed by atoms with Gasteiger partial charge in [-0.1, -0.05) is 0 Å². The molecule has 0 spiro atoms. The molecule has 0 bridgehead atoms. The van der Waals surface area contributed by atoms with Gasteiger partial charge in [-0.2, -0.15) is 0 Å². The molecule has 2 N–H and O–H groups in total. The van der Waals surface area contributed by atoms with E-state index in [1.807, 2.05) is 0 Å². The van der Waals surface area contributed by atoms with Gasteiger partial charge in [-0.15, -0.1) is 0 Å². The number of hydrogen-bond donors (Lipinski definition) is 2. The van der Waals surface area contributed by atoms with Crippen LogP contribution in [0.25, 0.3) is 0 Å². The van der Waals surface area contributed by atoms with Gasteiger partial charge in [0.2, 0.25) is 0 Å². The Kier molecular flexibility index (Phi) is 17.0. The van der Waals surface area contributed by atoms with Gasteiger partial charge in [0.1, 0.15) is 0 Å². The van der Waals surface area contributed by atoms with Crippen molar-refractivity contribution < 1.29 is 98.0 Å². The second-order valence-corrected chi connectivity index (χ2v) is 3.47. The Bertz CT molecular complexity index is 80.1. The number of hydrogen-bond acceptors (Lipinski definition) is 2. The Hall–Kier alpha value is 2.86. The fraction of sp³-hybridized carbons (Fsp3) is 0. The maximum Gasteiger partial charge on any atom is 0 e. The minimum absolute atomic E-state index is 0. The number of phosphoric acid groups is 1. The van der Waals surface area contributed by atoms with Crippen molar-refractivity contribution in [2.24, 2.45) is 0 Å². The summed E-state index contributed by atoms with van der Waals surface area (Å²) in [4.78, 5) is 15.5. The van der Waals surface area contributed by atoms with E-state index < -0.39 is 7.82 Å². The van der Waals surface area contributed by atoms with E-state index in [1.54, 1.807) is 0 Å². The summed E-state index contributed by atoms with van der Waals surface area (Å²) in [5.74, 6) is 0. The van der Waals surface area contributed by atoms with Gasteiger partial charge in [-0.05, 0) is 0 Å². The number of rotatable bonds is 1. The Morgan fingerprint density at radius 1 is 1.50 bits per heavy atom. The Labute approximate surface area is 104 Å². The van der Waals surface area contributed by atoms with E-state index in [0.29, 0.717) is 0 Å². The van der Waals surface area contributed by atoms with Crippen LogP contribution >= 0.6 is 7.82 Å². The molecule has 0 amide bonds. The van der Waals surface area contributed by atoms with E-state index in [0.717, 1.165) is 0 Å². The quantitative estimate of drug-likeness (QED) is 0.473. The molecule has 0 unspecified atom stereocenters. The Balaban J connectivity index is -0.000000125. The van der Waals surface area contributed by atoms with Crippen LogP contribution in [0.1, 0.15) is 0 Å². The maximum absolute atomic E-state index is 9.51. The molecule has 0 radical (unpaired) electrons. The fourth-order valence-corrected chi connectivity index (χ4v) is 0. The van der Waals surface area contributed by atoms with Crippen molar-refractivity contribution in [3.63, 3.8) is 0 Å². The average molecular weight is 387 g/mol. The molecular weight excluding hydrogens is 385 g/mol. The zero-order chi connectivity index (χ0) is 5.21. The van der Waals surface area contributed by atoms with Gasteiger partial charge in [0.05, 0.1) is 0 Å². The summed E-state index contributed by atoms with van der Waals surface area (Å²) >= 11 is 0.0849. The molecule has 0 saturated carbocycles. The summed E-state index contributed by atoms with van der Waals surface area (Å²) in [6.45, 7) is 0. The predicted molar refractivity (Wildman–Crippen MR) is 13.1 cm³/mol. The Morgan fingerprint density at radius 2 is 1.62 bits per heavy atom. The van der Waals surface area contributed by atoms with Gasteiger partial charge >= 0.3 is 63.2 Å². The smallest absolute Gasteiger partial charge is 0 e. The molecule has 0 aromatic rings. The van der Waals surface area contributed by atoms with E-state index in [1.165, 1.54) is 0 Å². The summed E-state index contributed by atoms with van der Waals surface area (Å²) in [5, 5.41) is 0. The fourth-order valence-electron chi connectivity index (χ4n) is 0. The van der Waals surface area contributed by atoms with Crippen LogP contribution in [0.3, 0.4) is 0 Å². The third kappa shape index (κ3) is 15.9. The first-order chi connectivity index (χ1) is 2.56. The van der Waals surface area contributed by atoms with E-state index >= 15 is 0 Å². The van der Waals surface area contributed by atoms with Crippen molar-refractivity contribution in [3.05, 3.63) is 0 Å².